The number of nitrogens with zero attached hydrogens (tertiary/aromatic N) is 3. The first-order chi connectivity index (χ1) is 7.70. The minimum Gasteiger partial charge on any atom is -0.334 e. The van der Waals surface area contributed by atoms with E-state index >= 15 is 0 Å². The van der Waals surface area contributed by atoms with Gasteiger partial charge < -0.3 is 15.2 Å². The van der Waals surface area contributed by atoms with E-state index in [1.165, 1.54) is 11.1 Å². The molecule has 16 heavy (non-hydrogen) atoms. The number of nitrogens with two attached hydrogens (primary N) is 1. The fourth-order valence-electron chi connectivity index (χ4n) is 1.89. The Kier molecular flexibility index (Phi) is 3.22. The van der Waals surface area contributed by atoms with Gasteiger partial charge in [0.05, 0.1) is 17.4 Å². The van der Waals surface area contributed by atoms with Crippen molar-refractivity contribution in [1.29, 1.82) is 0 Å². The molecule has 0 bridgehead atoms. The third kappa shape index (κ3) is 2.23. The van der Waals surface area contributed by atoms with Crippen LogP contribution in [0.3, 0.4) is 0 Å². The van der Waals surface area contributed by atoms with Crippen molar-refractivity contribution in [1.82, 2.24) is 14.5 Å². The molecule has 0 fully saturated rings. The summed E-state index contributed by atoms with van der Waals surface area (Å²) in [6.07, 6.45) is 1.85. The quantitative estimate of drug-likeness (QED) is 0.831. The van der Waals surface area contributed by atoms with Gasteiger partial charge in [-0.1, -0.05) is 6.07 Å². The summed E-state index contributed by atoms with van der Waals surface area (Å²) in [7, 11) is 4.09. The fraction of sp³-hybridized carbons (Fsp3) is 0.417. The summed E-state index contributed by atoms with van der Waals surface area (Å²) in [6, 6.07) is 6.41. The largest absolute Gasteiger partial charge is 0.334 e. The number of hydrogen-bond acceptors (Lipinski definition) is 3. The van der Waals surface area contributed by atoms with Gasteiger partial charge in [-0.25, -0.2) is 4.98 Å². The van der Waals surface area contributed by atoms with E-state index in [2.05, 4.69) is 35.1 Å². The number of rotatable bonds is 4. The number of aryl methyl sites for hydroxylation is 1. The molecule has 0 radical (unpaired) electrons. The molecular weight excluding hydrogens is 200 g/mol. The zero-order chi connectivity index (χ0) is 11.5. The smallest absolute Gasteiger partial charge is 0.0955 e. The molecule has 0 atom stereocenters. The molecule has 2 N–H and O–H groups in total. The summed E-state index contributed by atoms with van der Waals surface area (Å²) in [5.74, 6) is 0. The molecule has 2 aromatic rings. The summed E-state index contributed by atoms with van der Waals surface area (Å²) < 4.78 is 2.03. The van der Waals surface area contributed by atoms with Gasteiger partial charge in [-0.2, -0.15) is 0 Å². The summed E-state index contributed by atoms with van der Waals surface area (Å²) >= 11 is 0. The molecule has 0 aliphatic rings. The maximum atomic E-state index is 5.52. The Balaban J connectivity index is 2.19. The summed E-state index contributed by atoms with van der Waals surface area (Å²) in [4.78, 5) is 6.56. The Morgan fingerprint density at radius 3 is 3.00 bits per heavy atom. The van der Waals surface area contributed by atoms with Gasteiger partial charge in [0.15, 0.2) is 0 Å². The molecule has 4 nitrogen and oxygen atoms in total. The molecule has 2 rings (SSSR count). The van der Waals surface area contributed by atoms with Crippen LogP contribution in [0, 0.1) is 0 Å². The van der Waals surface area contributed by atoms with E-state index in [0.717, 1.165) is 18.6 Å². The Morgan fingerprint density at radius 2 is 2.25 bits per heavy atom. The van der Waals surface area contributed by atoms with Crippen LogP contribution in [0.15, 0.2) is 24.5 Å². The first-order valence-corrected chi connectivity index (χ1v) is 5.49. The molecule has 0 unspecified atom stereocenters. The van der Waals surface area contributed by atoms with E-state index in [1.54, 1.807) is 0 Å². The van der Waals surface area contributed by atoms with Crippen LogP contribution in [0.4, 0.5) is 0 Å². The van der Waals surface area contributed by atoms with Crippen molar-refractivity contribution >= 4 is 11.0 Å². The number of aromatic nitrogens is 2. The number of fused-ring (bicyclic) bond motifs is 1. The molecule has 0 saturated carbocycles. The minimum atomic E-state index is 0.697. The zero-order valence-corrected chi connectivity index (χ0v) is 9.85. The third-order valence-electron chi connectivity index (χ3n) is 2.75. The SMILES string of the molecule is CN(CCN)Cc1ccc2c(c1)ncn2C. The first kappa shape index (κ1) is 11.1. The maximum absolute atomic E-state index is 5.52. The van der Waals surface area contributed by atoms with Gasteiger partial charge in [-0.05, 0) is 24.7 Å². The highest BCUT2D eigenvalue weighted by atomic mass is 15.1. The van der Waals surface area contributed by atoms with Crippen LogP contribution in [0.1, 0.15) is 5.56 Å². The number of hydrogen-bond donors (Lipinski definition) is 1. The molecule has 1 heterocycles. The second-order valence-corrected chi connectivity index (χ2v) is 4.20. The van der Waals surface area contributed by atoms with E-state index in [-0.39, 0.29) is 0 Å². The topological polar surface area (TPSA) is 47.1 Å². The fourth-order valence-corrected chi connectivity index (χ4v) is 1.89. The average Bonchev–Trinajstić information content (AvgIpc) is 2.60. The van der Waals surface area contributed by atoms with E-state index in [4.69, 9.17) is 5.73 Å². The Hall–Kier alpha value is -1.39. The molecule has 0 aliphatic heterocycles. The Labute approximate surface area is 95.7 Å². The lowest BCUT2D eigenvalue weighted by atomic mass is 10.2. The first-order valence-electron chi connectivity index (χ1n) is 5.49. The zero-order valence-electron chi connectivity index (χ0n) is 9.85. The van der Waals surface area contributed by atoms with E-state index in [0.29, 0.717) is 6.54 Å². The molecule has 0 amide bonds. The van der Waals surface area contributed by atoms with Crippen molar-refractivity contribution in [3.8, 4) is 0 Å². The van der Waals surface area contributed by atoms with Crippen molar-refractivity contribution in [2.75, 3.05) is 20.1 Å². The Morgan fingerprint density at radius 1 is 1.44 bits per heavy atom. The lowest BCUT2D eigenvalue weighted by Crippen LogP contribution is -2.24. The summed E-state index contributed by atoms with van der Waals surface area (Å²) in [6.45, 7) is 2.53. The van der Waals surface area contributed by atoms with Gasteiger partial charge in [-0.3, -0.25) is 0 Å². The molecule has 86 valence electrons. The van der Waals surface area contributed by atoms with Crippen LogP contribution in [0.5, 0.6) is 0 Å². The van der Waals surface area contributed by atoms with Crippen LogP contribution >= 0.6 is 0 Å². The van der Waals surface area contributed by atoms with Crippen LogP contribution in [-0.2, 0) is 13.6 Å². The molecule has 1 aromatic heterocycles. The molecule has 4 heteroatoms. The second-order valence-electron chi connectivity index (χ2n) is 4.20. The van der Waals surface area contributed by atoms with Gasteiger partial charge in [0.2, 0.25) is 0 Å². The van der Waals surface area contributed by atoms with Crippen molar-refractivity contribution in [3.05, 3.63) is 30.1 Å². The molecule has 0 spiro atoms. The summed E-state index contributed by atoms with van der Waals surface area (Å²) in [5.41, 5.74) is 9.03. The summed E-state index contributed by atoms with van der Waals surface area (Å²) in [5, 5.41) is 0. The van der Waals surface area contributed by atoms with Crippen molar-refractivity contribution in [3.63, 3.8) is 0 Å². The minimum absolute atomic E-state index is 0.697. The van der Waals surface area contributed by atoms with E-state index in [9.17, 15) is 0 Å². The van der Waals surface area contributed by atoms with Crippen molar-refractivity contribution in [2.45, 2.75) is 6.54 Å². The third-order valence-corrected chi connectivity index (χ3v) is 2.75. The van der Waals surface area contributed by atoms with Gasteiger partial charge in [0.25, 0.3) is 0 Å². The van der Waals surface area contributed by atoms with Crippen molar-refractivity contribution in [2.24, 2.45) is 12.8 Å². The normalized spacial score (nSPS) is 11.5. The number of imidazole rings is 1. The molecule has 1 aromatic carbocycles. The number of likely N-dealkylation sites (N-methyl/N-ethyl adjacent to an activating group) is 1. The highest BCUT2D eigenvalue weighted by Gasteiger charge is 2.03. The van der Waals surface area contributed by atoms with Gasteiger partial charge >= 0.3 is 0 Å². The maximum Gasteiger partial charge on any atom is 0.0955 e. The van der Waals surface area contributed by atoms with Gasteiger partial charge in [-0.15, -0.1) is 0 Å². The van der Waals surface area contributed by atoms with Gasteiger partial charge in [0, 0.05) is 26.7 Å². The standard InChI is InChI=1S/C12H18N4/c1-15(6-5-13)8-10-3-4-12-11(7-10)14-9-16(12)2/h3-4,7,9H,5-6,8,13H2,1-2H3. The van der Waals surface area contributed by atoms with Crippen LogP contribution in [0.25, 0.3) is 11.0 Å². The van der Waals surface area contributed by atoms with E-state index in [1.807, 2.05) is 17.9 Å². The molecular formula is C12H18N4. The highest BCUT2D eigenvalue weighted by Crippen LogP contribution is 2.14. The number of benzene rings is 1. The van der Waals surface area contributed by atoms with Gasteiger partial charge in [0.1, 0.15) is 0 Å². The predicted octanol–water partition coefficient (Wildman–Crippen LogP) is 0.964. The molecule has 0 saturated heterocycles. The average molecular weight is 218 g/mol. The highest BCUT2D eigenvalue weighted by molar-refractivity contribution is 5.75. The van der Waals surface area contributed by atoms with Crippen LogP contribution in [0.2, 0.25) is 0 Å². The second kappa shape index (κ2) is 4.63. The Bertz CT molecular complexity index is 475. The lowest BCUT2D eigenvalue weighted by Gasteiger charge is -2.15. The van der Waals surface area contributed by atoms with Crippen molar-refractivity contribution < 1.29 is 0 Å². The van der Waals surface area contributed by atoms with E-state index < -0.39 is 0 Å². The lowest BCUT2D eigenvalue weighted by molar-refractivity contribution is 0.336. The monoisotopic (exact) mass is 218 g/mol. The molecule has 0 aliphatic carbocycles. The van der Waals surface area contributed by atoms with Crippen LogP contribution < -0.4 is 5.73 Å². The predicted molar refractivity (Wildman–Crippen MR) is 66.1 cm³/mol. The van der Waals surface area contributed by atoms with Crippen LogP contribution in [-0.4, -0.2) is 34.6 Å².